The maximum atomic E-state index is 12.5. The Morgan fingerprint density at radius 1 is 1.19 bits per heavy atom. The molecule has 2 heterocycles. The number of aromatic amines is 1. The van der Waals surface area contributed by atoms with Gasteiger partial charge in [0.25, 0.3) is 0 Å². The van der Waals surface area contributed by atoms with Crippen molar-refractivity contribution in [2.24, 2.45) is 0 Å². The molecule has 162 valence electrons. The second kappa shape index (κ2) is 9.76. The molecule has 3 N–H and O–H groups in total. The summed E-state index contributed by atoms with van der Waals surface area (Å²) in [6, 6.07) is 14.2. The second-order valence-electron chi connectivity index (χ2n) is 7.91. The summed E-state index contributed by atoms with van der Waals surface area (Å²) < 4.78 is 5.48. The number of carbonyl (C=O) groups is 1. The van der Waals surface area contributed by atoms with Crippen molar-refractivity contribution in [3.63, 3.8) is 0 Å². The minimum atomic E-state index is -0.158. The molecule has 1 fully saturated rings. The van der Waals surface area contributed by atoms with Crippen molar-refractivity contribution in [1.82, 2.24) is 15.5 Å². The summed E-state index contributed by atoms with van der Waals surface area (Å²) in [5.41, 5.74) is 4.66. The SMILES string of the molecule is CC(C)OCC(=O)Nc1cc2c(/C=C/c3ccccc3)n[nH]c2cc1N1CCNCC1. The Labute approximate surface area is 182 Å². The lowest BCUT2D eigenvalue weighted by Crippen LogP contribution is -2.43. The topological polar surface area (TPSA) is 82.3 Å². The summed E-state index contributed by atoms with van der Waals surface area (Å²) >= 11 is 0. The van der Waals surface area contributed by atoms with Crippen LogP contribution in [0.3, 0.4) is 0 Å². The summed E-state index contributed by atoms with van der Waals surface area (Å²) in [6.07, 6.45) is 4.03. The van der Waals surface area contributed by atoms with Gasteiger partial charge in [-0.2, -0.15) is 5.10 Å². The van der Waals surface area contributed by atoms with E-state index in [1.807, 2.05) is 62.4 Å². The van der Waals surface area contributed by atoms with Crippen LogP contribution < -0.4 is 15.5 Å². The van der Waals surface area contributed by atoms with Crippen molar-refractivity contribution in [2.75, 3.05) is 43.0 Å². The van der Waals surface area contributed by atoms with Gasteiger partial charge in [0.1, 0.15) is 6.61 Å². The Bertz CT molecular complexity index is 1050. The van der Waals surface area contributed by atoms with E-state index in [0.717, 1.165) is 59.7 Å². The molecular formula is C24H29N5O2. The fourth-order valence-corrected chi connectivity index (χ4v) is 3.64. The zero-order valence-electron chi connectivity index (χ0n) is 18.0. The number of piperazine rings is 1. The first-order valence-electron chi connectivity index (χ1n) is 10.7. The minimum absolute atomic E-state index is 0.00414. The maximum absolute atomic E-state index is 12.5. The number of carbonyl (C=O) groups excluding carboxylic acids is 1. The number of amides is 1. The highest BCUT2D eigenvalue weighted by Gasteiger charge is 2.18. The summed E-state index contributed by atoms with van der Waals surface area (Å²) in [5.74, 6) is -0.158. The monoisotopic (exact) mass is 419 g/mol. The molecule has 2 aromatic carbocycles. The van der Waals surface area contributed by atoms with Gasteiger partial charge in [-0.3, -0.25) is 9.89 Å². The maximum Gasteiger partial charge on any atom is 0.250 e. The van der Waals surface area contributed by atoms with E-state index in [-0.39, 0.29) is 18.6 Å². The van der Waals surface area contributed by atoms with Crippen molar-refractivity contribution < 1.29 is 9.53 Å². The van der Waals surface area contributed by atoms with Gasteiger partial charge >= 0.3 is 0 Å². The van der Waals surface area contributed by atoms with Crippen LogP contribution in [0, 0.1) is 0 Å². The molecule has 0 saturated carbocycles. The molecule has 1 aliphatic rings. The van der Waals surface area contributed by atoms with E-state index < -0.39 is 0 Å². The molecule has 1 aliphatic heterocycles. The summed E-state index contributed by atoms with van der Waals surface area (Å²) in [5, 5.41) is 15.0. The molecule has 4 rings (SSSR count). The molecular weight excluding hydrogens is 390 g/mol. The van der Waals surface area contributed by atoms with Crippen molar-refractivity contribution in [3.8, 4) is 0 Å². The number of nitrogens with one attached hydrogen (secondary N) is 3. The van der Waals surface area contributed by atoms with Crippen LogP contribution in [0.2, 0.25) is 0 Å². The Hall–Kier alpha value is -3.16. The van der Waals surface area contributed by atoms with E-state index in [1.54, 1.807) is 0 Å². The van der Waals surface area contributed by atoms with Crippen molar-refractivity contribution in [2.45, 2.75) is 20.0 Å². The lowest BCUT2D eigenvalue weighted by molar-refractivity contribution is -0.121. The highest BCUT2D eigenvalue weighted by atomic mass is 16.5. The smallest absolute Gasteiger partial charge is 0.250 e. The van der Waals surface area contributed by atoms with Gasteiger partial charge in [-0.05, 0) is 37.6 Å². The van der Waals surface area contributed by atoms with E-state index in [2.05, 4.69) is 31.8 Å². The lowest BCUT2D eigenvalue weighted by atomic mass is 10.1. The third-order valence-electron chi connectivity index (χ3n) is 5.22. The number of nitrogens with zero attached hydrogens (tertiary/aromatic N) is 2. The average Bonchev–Trinajstić information content (AvgIpc) is 3.19. The Morgan fingerprint density at radius 3 is 2.71 bits per heavy atom. The molecule has 31 heavy (non-hydrogen) atoms. The summed E-state index contributed by atoms with van der Waals surface area (Å²) in [4.78, 5) is 14.8. The van der Waals surface area contributed by atoms with Gasteiger partial charge < -0.3 is 20.3 Å². The molecule has 0 atom stereocenters. The number of hydrogen-bond acceptors (Lipinski definition) is 5. The molecule has 0 unspecified atom stereocenters. The molecule has 3 aromatic rings. The number of H-pyrrole nitrogens is 1. The molecule has 1 amide bonds. The van der Waals surface area contributed by atoms with Gasteiger partial charge in [0.05, 0.1) is 28.7 Å². The molecule has 7 heteroatoms. The van der Waals surface area contributed by atoms with Gasteiger partial charge in [0.15, 0.2) is 0 Å². The van der Waals surface area contributed by atoms with E-state index in [9.17, 15) is 4.79 Å². The molecule has 1 aromatic heterocycles. The Balaban J connectivity index is 1.66. The number of hydrogen-bond donors (Lipinski definition) is 3. The fraction of sp³-hybridized carbons (Fsp3) is 0.333. The zero-order chi connectivity index (χ0) is 21.6. The van der Waals surface area contributed by atoms with Crippen LogP contribution in [-0.4, -0.2) is 55.0 Å². The van der Waals surface area contributed by atoms with Gasteiger partial charge in [-0.25, -0.2) is 0 Å². The first-order valence-corrected chi connectivity index (χ1v) is 10.7. The van der Waals surface area contributed by atoms with Gasteiger partial charge in [-0.1, -0.05) is 36.4 Å². The number of ether oxygens (including phenoxy) is 1. The number of anilines is 2. The van der Waals surface area contributed by atoms with Crippen molar-refractivity contribution in [1.29, 1.82) is 0 Å². The Kier molecular flexibility index (Phi) is 6.64. The van der Waals surface area contributed by atoms with Crippen LogP contribution in [0.15, 0.2) is 42.5 Å². The van der Waals surface area contributed by atoms with Gasteiger partial charge in [0, 0.05) is 31.6 Å². The van der Waals surface area contributed by atoms with E-state index in [0.29, 0.717) is 0 Å². The van der Waals surface area contributed by atoms with Gasteiger partial charge in [-0.15, -0.1) is 0 Å². The second-order valence-corrected chi connectivity index (χ2v) is 7.91. The number of fused-ring (bicyclic) bond motifs is 1. The summed E-state index contributed by atoms with van der Waals surface area (Å²) in [6.45, 7) is 7.46. The van der Waals surface area contributed by atoms with E-state index in [1.165, 1.54) is 0 Å². The molecule has 7 nitrogen and oxygen atoms in total. The van der Waals surface area contributed by atoms with Crippen molar-refractivity contribution >= 4 is 40.3 Å². The predicted molar refractivity (Wildman–Crippen MR) is 126 cm³/mol. The normalized spacial score (nSPS) is 14.6. The standard InChI is InChI=1S/C24H29N5O2/c1-17(2)31-16-24(30)26-22-14-19-20(9-8-18-6-4-3-5-7-18)27-28-21(19)15-23(22)29-12-10-25-11-13-29/h3-9,14-15,17,25H,10-13,16H2,1-2H3,(H,26,30)(H,27,28)/b9-8+. The number of aromatic nitrogens is 2. The third-order valence-corrected chi connectivity index (χ3v) is 5.22. The van der Waals surface area contributed by atoms with Crippen LogP contribution in [0.1, 0.15) is 25.1 Å². The predicted octanol–water partition coefficient (Wildman–Crippen LogP) is 3.51. The largest absolute Gasteiger partial charge is 0.369 e. The van der Waals surface area contributed by atoms with Crippen molar-refractivity contribution in [3.05, 3.63) is 53.7 Å². The van der Waals surface area contributed by atoms with Crippen LogP contribution in [0.5, 0.6) is 0 Å². The molecule has 0 aliphatic carbocycles. The minimum Gasteiger partial charge on any atom is -0.369 e. The van der Waals surface area contributed by atoms with Crippen LogP contribution in [-0.2, 0) is 9.53 Å². The zero-order valence-corrected chi connectivity index (χ0v) is 18.0. The molecule has 0 bridgehead atoms. The van der Waals surface area contributed by atoms with Crippen LogP contribution in [0.4, 0.5) is 11.4 Å². The van der Waals surface area contributed by atoms with E-state index in [4.69, 9.17) is 4.74 Å². The molecule has 0 radical (unpaired) electrons. The molecule has 1 saturated heterocycles. The van der Waals surface area contributed by atoms with Crippen LogP contribution in [0.25, 0.3) is 23.1 Å². The Morgan fingerprint density at radius 2 is 1.97 bits per heavy atom. The van der Waals surface area contributed by atoms with E-state index >= 15 is 0 Å². The highest BCUT2D eigenvalue weighted by Crippen LogP contribution is 2.33. The third kappa shape index (κ3) is 5.31. The number of benzene rings is 2. The van der Waals surface area contributed by atoms with Crippen LogP contribution >= 0.6 is 0 Å². The quantitative estimate of drug-likeness (QED) is 0.546. The first kappa shape index (κ1) is 21.1. The lowest BCUT2D eigenvalue weighted by Gasteiger charge is -2.31. The summed E-state index contributed by atoms with van der Waals surface area (Å²) in [7, 11) is 0. The fourth-order valence-electron chi connectivity index (χ4n) is 3.64. The first-order chi connectivity index (χ1) is 15.1. The average molecular weight is 420 g/mol. The molecule has 0 spiro atoms. The highest BCUT2D eigenvalue weighted by molar-refractivity contribution is 6.01. The number of rotatable bonds is 7. The van der Waals surface area contributed by atoms with Gasteiger partial charge in [0.2, 0.25) is 5.91 Å².